The Morgan fingerprint density at radius 3 is 1.64 bits per heavy atom. The van der Waals surface area contributed by atoms with Gasteiger partial charge in [0.1, 0.15) is 0 Å². The van der Waals surface area contributed by atoms with Gasteiger partial charge in [0.15, 0.2) is 0 Å². The smallest absolute Gasteiger partial charge is 0.00394 e. The van der Waals surface area contributed by atoms with E-state index >= 15 is 0 Å². The molecular weight excluding hydrogens is 570 g/mol. The van der Waals surface area contributed by atoms with Crippen LogP contribution in [-0.2, 0) is 28.4 Å². The molecule has 2 heterocycles. The van der Waals surface area contributed by atoms with Crippen molar-refractivity contribution in [3.63, 3.8) is 0 Å². The van der Waals surface area contributed by atoms with Crippen LogP contribution in [0.25, 0.3) is 0 Å². The van der Waals surface area contributed by atoms with Crippen molar-refractivity contribution in [1.82, 2.24) is 10.6 Å². The minimum absolute atomic E-state index is 0. The summed E-state index contributed by atoms with van der Waals surface area (Å²) in [5.41, 5.74) is 3.39. The van der Waals surface area contributed by atoms with Crippen LogP contribution in [0, 0.1) is 11.8 Å². The number of nitrogens with one attached hydrogen (secondary N) is 2. The summed E-state index contributed by atoms with van der Waals surface area (Å²) < 4.78 is 0. The van der Waals surface area contributed by atoms with E-state index in [0.29, 0.717) is 22.1 Å². The largest absolute Gasteiger partial charge is 0.748 e. The summed E-state index contributed by atoms with van der Waals surface area (Å²) in [6.07, 6.45) is 6.60. The van der Waals surface area contributed by atoms with E-state index in [-0.39, 0.29) is 30.1 Å². The van der Waals surface area contributed by atoms with Crippen molar-refractivity contribution in [2.45, 2.75) is 108 Å². The number of hydrogen-bond acceptors (Lipinski definition) is 2. The molecule has 2 N–H and O–H groups in total. The van der Waals surface area contributed by atoms with Crippen LogP contribution in [0.15, 0.2) is 42.5 Å². The predicted molar refractivity (Wildman–Crippen MR) is 180 cm³/mol. The van der Waals surface area contributed by atoms with Gasteiger partial charge in [0.05, 0.1) is 0 Å². The summed E-state index contributed by atoms with van der Waals surface area (Å²) in [4.78, 5) is 0. The zero-order chi connectivity index (χ0) is 28.2. The standard InChI is InChI=1S/C28H53N2P2Si.C5H5.Fe/c1-26(2,3)32(27(4,5)6)20-21-16-24(33(7,8)9)17-25(21)28(31,22-12-10-14-29-18-22)23-13-11-15-30-19-23;1-2-4-5-3-1;/h16-17,22-23,29-30H,10-15,18-20,31H2,1-9H3;1-5H;/q-1;-5;. The van der Waals surface area contributed by atoms with E-state index in [1.165, 1.54) is 58.0 Å². The molecule has 2 saturated heterocycles. The summed E-state index contributed by atoms with van der Waals surface area (Å²) in [5.74, 6) is 1.40. The molecule has 0 bridgehead atoms. The fourth-order valence-electron chi connectivity index (χ4n) is 6.79. The Kier molecular flexibility index (Phi) is 13.3. The van der Waals surface area contributed by atoms with Gasteiger partial charge in [0, 0.05) is 25.1 Å². The maximum Gasteiger partial charge on any atom is 0.00394 e. The normalized spacial score (nSPS) is 22.4. The first-order valence-electron chi connectivity index (χ1n) is 15.1. The van der Waals surface area contributed by atoms with Crippen LogP contribution in [0.3, 0.4) is 0 Å². The molecule has 0 radical (unpaired) electrons. The molecule has 0 aromatic heterocycles. The van der Waals surface area contributed by atoms with E-state index < -0.39 is 8.07 Å². The van der Waals surface area contributed by atoms with Crippen molar-refractivity contribution in [3.8, 4) is 0 Å². The molecule has 6 heteroatoms. The van der Waals surface area contributed by atoms with Crippen molar-refractivity contribution in [2.24, 2.45) is 11.8 Å². The summed E-state index contributed by atoms with van der Waals surface area (Å²) in [7, 11) is 1.96. The molecule has 39 heavy (non-hydrogen) atoms. The van der Waals surface area contributed by atoms with Gasteiger partial charge in [-0.05, 0) is 79.2 Å². The maximum absolute atomic E-state index is 3.77. The van der Waals surface area contributed by atoms with Gasteiger partial charge in [0.25, 0.3) is 0 Å². The molecule has 0 amide bonds. The van der Waals surface area contributed by atoms with Crippen LogP contribution in [0.2, 0.25) is 19.6 Å². The second-order valence-electron chi connectivity index (χ2n) is 14.8. The number of hydrogen-bond donors (Lipinski definition) is 2. The van der Waals surface area contributed by atoms with Crippen molar-refractivity contribution in [2.75, 3.05) is 26.2 Å². The van der Waals surface area contributed by atoms with Gasteiger partial charge in [-0.1, -0.05) is 67.3 Å². The van der Waals surface area contributed by atoms with Crippen LogP contribution < -0.4 is 15.8 Å². The third kappa shape index (κ3) is 9.35. The summed E-state index contributed by atoms with van der Waals surface area (Å²) in [6, 6.07) is 15.4. The minimum atomic E-state index is -1.40. The van der Waals surface area contributed by atoms with E-state index in [1.54, 1.807) is 16.3 Å². The third-order valence-electron chi connectivity index (χ3n) is 8.76. The molecule has 2 nitrogen and oxygen atoms in total. The van der Waals surface area contributed by atoms with Gasteiger partial charge in [-0.3, -0.25) is 0 Å². The zero-order valence-corrected chi connectivity index (χ0v) is 30.6. The quantitative estimate of drug-likeness (QED) is 0.193. The Morgan fingerprint density at radius 1 is 0.872 bits per heavy atom. The van der Waals surface area contributed by atoms with Crippen LogP contribution in [0.1, 0.15) is 78.4 Å². The average molecular weight is 629 g/mol. The van der Waals surface area contributed by atoms with E-state index in [1.807, 2.05) is 30.3 Å². The van der Waals surface area contributed by atoms with Crippen molar-refractivity contribution in [3.05, 3.63) is 53.6 Å². The zero-order valence-electron chi connectivity index (χ0n) is 26.4. The fourth-order valence-corrected chi connectivity index (χ4v) is 12.4. The Labute approximate surface area is 257 Å². The maximum atomic E-state index is 3.77. The van der Waals surface area contributed by atoms with Crippen LogP contribution in [-0.4, -0.2) is 44.6 Å². The number of piperidine rings is 2. The fraction of sp³-hybridized carbons (Fsp3) is 0.697. The summed E-state index contributed by atoms with van der Waals surface area (Å²) in [6.45, 7) is 27.2. The topological polar surface area (TPSA) is 24.1 Å². The van der Waals surface area contributed by atoms with Gasteiger partial charge in [-0.25, -0.2) is 11.3 Å². The van der Waals surface area contributed by atoms with Crippen LogP contribution >= 0.6 is 17.2 Å². The van der Waals surface area contributed by atoms with Crippen molar-refractivity contribution < 1.29 is 17.1 Å². The van der Waals surface area contributed by atoms with Gasteiger partial charge >= 0.3 is 0 Å². The van der Waals surface area contributed by atoms with E-state index in [2.05, 4.69) is 93.2 Å². The molecule has 2 aliphatic heterocycles. The third-order valence-corrected chi connectivity index (χ3v) is 15.9. The molecule has 228 valence electrons. The van der Waals surface area contributed by atoms with Gasteiger partial charge < -0.3 is 41.0 Å². The Balaban J connectivity index is 0.000000797. The molecule has 3 atom stereocenters. The Morgan fingerprint density at radius 2 is 1.31 bits per heavy atom. The SMILES string of the molecule is CC(C)(C)P(C[c-]1cc([Si](C)(C)C)cc1C(P)(C1CCCNC1)C1CCCNC1)C(C)(C)C.[Fe].[cH-]1[cH-][cH-][cH-][cH-]1. The average Bonchev–Trinajstić information content (AvgIpc) is 3.55. The minimum Gasteiger partial charge on any atom is -0.748 e. The molecule has 3 unspecified atom stereocenters. The van der Waals surface area contributed by atoms with Crippen LogP contribution in [0.5, 0.6) is 0 Å². The second kappa shape index (κ2) is 14.6. The molecular formula is C33H58FeN2P2Si-6. The van der Waals surface area contributed by atoms with E-state index in [0.717, 1.165) is 0 Å². The second-order valence-corrected chi connectivity index (χ2v) is 24.7. The van der Waals surface area contributed by atoms with Gasteiger partial charge in [-0.2, -0.15) is 11.6 Å². The van der Waals surface area contributed by atoms with Crippen LogP contribution in [0.4, 0.5) is 0 Å². The molecule has 0 spiro atoms. The first-order valence-corrected chi connectivity index (χ1v) is 20.7. The number of rotatable bonds is 6. The molecule has 4 rings (SSSR count). The van der Waals surface area contributed by atoms with E-state index in [4.69, 9.17) is 0 Å². The van der Waals surface area contributed by atoms with Gasteiger partial charge in [-0.15, -0.1) is 22.7 Å². The molecule has 0 saturated carbocycles. The van der Waals surface area contributed by atoms with E-state index in [9.17, 15) is 0 Å². The monoisotopic (exact) mass is 628 g/mol. The first-order chi connectivity index (χ1) is 17.6. The Hall–Kier alpha value is 0.216. The molecule has 2 aromatic carbocycles. The predicted octanol–water partition coefficient (Wildman–Crippen LogP) is 8.00. The summed E-state index contributed by atoms with van der Waals surface area (Å²) in [5, 5.41) is 10.1. The Bertz CT molecular complexity index is 904. The van der Waals surface area contributed by atoms with Gasteiger partial charge in [0.2, 0.25) is 0 Å². The van der Waals surface area contributed by atoms with Crippen molar-refractivity contribution in [1.29, 1.82) is 0 Å². The molecule has 2 fully saturated rings. The van der Waals surface area contributed by atoms with Crippen molar-refractivity contribution >= 4 is 30.4 Å². The molecule has 2 aliphatic rings. The molecule has 0 aliphatic carbocycles. The summed E-state index contributed by atoms with van der Waals surface area (Å²) >= 11 is 0. The molecule has 2 aromatic rings. The first kappa shape index (κ1) is 35.4.